The van der Waals surface area contributed by atoms with Crippen molar-refractivity contribution in [3.05, 3.63) is 71.1 Å². The zero-order chi connectivity index (χ0) is 19.6. The molecule has 0 bridgehead atoms. The molecule has 3 rings (SSSR count). The van der Waals surface area contributed by atoms with Crippen LogP contribution in [-0.4, -0.2) is 35.7 Å². The number of benzene rings is 1. The third kappa shape index (κ3) is 3.36. The third-order valence-electron chi connectivity index (χ3n) is 4.60. The van der Waals surface area contributed by atoms with Crippen molar-refractivity contribution in [2.45, 2.75) is 19.8 Å². The van der Waals surface area contributed by atoms with Gasteiger partial charge in [0.25, 0.3) is 0 Å². The van der Waals surface area contributed by atoms with Gasteiger partial charge >= 0.3 is 11.9 Å². The van der Waals surface area contributed by atoms with Gasteiger partial charge in [0, 0.05) is 29.5 Å². The maximum Gasteiger partial charge on any atom is 0.336 e. The highest BCUT2D eigenvalue weighted by molar-refractivity contribution is 5.99. The van der Waals surface area contributed by atoms with E-state index >= 15 is 0 Å². The summed E-state index contributed by atoms with van der Waals surface area (Å²) in [6.45, 7) is 3.58. The number of nitrogens with zero attached hydrogens (tertiary/aromatic N) is 2. The lowest BCUT2D eigenvalue weighted by Crippen LogP contribution is -2.32. The van der Waals surface area contributed by atoms with Gasteiger partial charge in [-0.15, -0.1) is 0 Å². The fourth-order valence-corrected chi connectivity index (χ4v) is 3.34. The summed E-state index contributed by atoms with van der Waals surface area (Å²) >= 11 is 0. The highest BCUT2D eigenvalue weighted by Gasteiger charge is 2.37. The molecule has 27 heavy (non-hydrogen) atoms. The third-order valence-corrected chi connectivity index (χ3v) is 4.60. The Morgan fingerprint density at radius 2 is 1.56 bits per heavy atom. The van der Waals surface area contributed by atoms with Gasteiger partial charge in [0.2, 0.25) is 0 Å². The second kappa shape index (κ2) is 7.49. The summed E-state index contributed by atoms with van der Waals surface area (Å²) in [7, 11) is 2.65. The number of nitrogens with one attached hydrogen (secondary N) is 1. The van der Waals surface area contributed by atoms with E-state index in [1.54, 1.807) is 26.4 Å². The summed E-state index contributed by atoms with van der Waals surface area (Å²) in [5, 5.41) is 3.09. The van der Waals surface area contributed by atoms with Crippen LogP contribution in [-0.2, 0) is 19.1 Å². The fourth-order valence-electron chi connectivity index (χ4n) is 3.34. The van der Waals surface area contributed by atoms with E-state index in [9.17, 15) is 9.59 Å². The lowest BCUT2D eigenvalue weighted by atomic mass is 9.80. The molecule has 140 valence electrons. The first-order chi connectivity index (χ1) is 13.0. The molecule has 1 aromatic heterocycles. The van der Waals surface area contributed by atoms with Gasteiger partial charge in [0.15, 0.2) is 0 Å². The standard InChI is InChI=1S/C20H21N3O4/c1-12-16(19(24)26-3)18(17(13(2)22-12)20(25)27-4)14-5-7-15(8-6-14)23-10-9-21-11-23/h5-11,18,22H,1-4H3. The monoisotopic (exact) mass is 367 g/mol. The molecule has 2 heterocycles. The fraction of sp³-hybridized carbons (Fsp3) is 0.250. The zero-order valence-corrected chi connectivity index (χ0v) is 15.6. The van der Waals surface area contributed by atoms with Crippen molar-refractivity contribution in [2.24, 2.45) is 0 Å². The van der Waals surface area contributed by atoms with Gasteiger partial charge in [-0.1, -0.05) is 12.1 Å². The Bertz CT molecular complexity index is 887. The minimum Gasteiger partial charge on any atom is -0.466 e. The van der Waals surface area contributed by atoms with Gasteiger partial charge in [-0.05, 0) is 31.5 Å². The molecule has 7 nitrogen and oxygen atoms in total. The van der Waals surface area contributed by atoms with Crippen molar-refractivity contribution in [1.82, 2.24) is 14.9 Å². The number of carbonyl (C=O) groups is 2. The van der Waals surface area contributed by atoms with Crippen LogP contribution in [0.25, 0.3) is 5.69 Å². The van der Waals surface area contributed by atoms with Crippen LogP contribution in [0.15, 0.2) is 65.5 Å². The van der Waals surface area contributed by atoms with E-state index in [4.69, 9.17) is 9.47 Å². The zero-order valence-electron chi connectivity index (χ0n) is 15.6. The second-order valence-electron chi connectivity index (χ2n) is 6.18. The lowest BCUT2D eigenvalue weighted by Gasteiger charge is -2.30. The van der Waals surface area contributed by atoms with Crippen LogP contribution in [0.1, 0.15) is 25.3 Å². The minimum atomic E-state index is -0.581. The van der Waals surface area contributed by atoms with Gasteiger partial charge in [0.05, 0.1) is 37.6 Å². The molecular formula is C20H21N3O4. The number of methoxy groups -OCH3 is 2. The van der Waals surface area contributed by atoms with E-state index in [-0.39, 0.29) is 0 Å². The number of carbonyl (C=O) groups excluding carboxylic acids is 2. The Kier molecular flexibility index (Phi) is 5.12. The molecule has 0 aliphatic carbocycles. The number of hydrogen-bond donors (Lipinski definition) is 1. The summed E-state index contributed by atoms with van der Waals surface area (Å²) in [6, 6.07) is 7.59. The number of dihydropyridines is 1. The van der Waals surface area contributed by atoms with Crippen LogP contribution in [0.4, 0.5) is 0 Å². The quantitative estimate of drug-likeness (QED) is 0.836. The van der Waals surface area contributed by atoms with Gasteiger partial charge in [-0.3, -0.25) is 0 Å². The predicted molar refractivity (Wildman–Crippen MR) is 98.9 cm³/mol. The summed E-state index contributed by atoms with van der Waals surface area (Å²) in [5.41, 5.74) is 3.79. The minimum absolute atomic E-state index is 0.388. The molecule has 0 atom stereocenters. The van der Waals surface area contributed by atoms with Crippen molar-refractivity contribution in [2.75, 3.05) is 14.2 Å². The van der Waals surface area contributed by atoms with Crippen molar-refractivity contribution >= 4 is 11.9 Å². The molecule has 0 unspecified atom stereocenters. The molecule has 0 saturated carbocycles. The number of esters is 2. The van der Waals surface area contributed by atoms with E-state index < -0.39 is 17.9 Å². The first kappa shape index (κ1) is 18.4. The lowest BCUT2D eigenvalue weighted by molar-refractivity contribution is -0.137. The molecule has 1 aromatic carbocycles. The van der Waals surface area contributed by atoms with E-state index in [2.05, 4.69) is 10.3 Å². The number of ether oxygens (including phenoxy) is 2. The number of imidazole rings is 1. The summed E-state index contributed by atoms with van der Waals surface area (Å²) in [4.78, 5) is 29.0. The Labute approximate surface area is 157 Å². The highest BCUT2D eigenvalue weighted by atomic mass is 16.5. The molecule has 0 spiro atoms. The highest BCUT2D eigenvalue weighted by Crippen LogP contribution is 2.39. The van der Waals surface area contributed by atoms with E-state index in [1.165, 1.54) is 14.2 Å². The number of allylic oxidation sites excluding steroid dienone is 2. The second-order valence-corrected chi connectivity index (χ2v) is 6.18. The van der Waals surface area contributed by atoms with Crippen LogP contribution in [0.3, 0.4) is 0 Å². The van der Waals surface area contributed by atoms with Gasteiger partial charge in [-0.2, -0.15) is 0 Å². The molecular weight excluding hydrogens is 346 g/mol. The van der Waals surface area contributed by atoms with E-state index in [1.807, 2.05) is 35.0 Å². The van der Waals surface area contributed by atoms with Crippen molar-refractivity contribution in [1.29, 1.82) is 0 Å². The van der Waals surface area contributed by atoms with Crippen molar-refractivity contribution in [3.63, 3.8) is 0 Å². The Morgan fingerprint density at radius 3 is 2.00 bits per heavy atom. The number of hydrogen-bond acceptors (Lipinski definition) is 6. The Morgan fingerprint density at radius 1 is 1.00 bits per heavy atom. The number of aromatic nitrogens is 2. The molecule has 0 saturated heterocycles. The predicted octanol–water partition coefficient (Wildman–Crippen LogP) is 2.45. The molecule has 0 radical (unpaired) electrons. The first-order valence-corrected chi connectivity index (χ1v) is 8.41. The summed E-state index contributed by atoms with van der Waals surface area (Å²) in [5.74, 6) is -1.56. The van der Waals surface area contributed by atoms with E-state index in [0.717, 1.165) is 11.3 Å². The molecule has 1 N–H and O–H groups in total. The first-order valence-electron chi connectivity index (χ1n) is 8.41. The smallest absolute Gasteiger partial charge is 0.336 e. The van der Waals surface area contributed by atoms with Gasteiger partial charge < -0.3 is 19.4 Å². The van der Waals surface area contributed by atoms with E-state index in [0.29, 0.717) is 22.5 Å². The summed E-state index contributed by atoms with van der Waals surface area (Å²) < 4.78 is 11.8. The average Bonchev–Trinajstić information content (AvgIpc) is 3.21. The van der Waals surface area contributed by atoms with Crippen LogP contribution in [0.5, 0.6) is 0 Å². The molecule has 7 heteroatoms. The number of rotatable bonds is 4. The molecule has 2 aromatic rings. The van der Waals surface area contributed by atoms with Crippen LogP contribution < -0.4 is 5.32 Å². The average molecular weight is 367 g/mol. The normalized spacial score (nSPS) is 14.8. The largest absolute Gasteiger partial charge is 0.466 e. The topological polar surface area (TPSA) is 82.5 Å². The van der Waals surface area contributed by atoms with Gasteiger partial charge in [0.1, 0.15) is 0 Å². The Balaban J connectivity index is 2.12. The van der Waals surface area contributed by atoms with Crippen LogP contribution >= 0.6 is 0 Å². The van der Waals surface area contributed by atoms with Crippen molar-refractivity contribution in [3.8, 4) is 5.69 Å². The maximum absolute atomic E-state index is 12.5. The molecule has 0 amide bonds. The van der Waals surface area contributed by atoms with Crippen LogP contribution in [0.2, 0.25) is 0 Å². The molecule has 1 aliphatic heterocycles. The SMILES string of the molecule is COC(=O)C1=C(C)NC(C)=C(C(=O)OC)C1c1ccc(-n2ccnc2)cc1. The maximum atomic E-state index is 12.5. The Hall–Kier alpha value is -3.35. The van der Waals surface area contributed by atoms with Crippen LogP contribution in [0, 0.1) is 0 Å². The molecule has 0 fully saturated rings. The van der Waals surface area contributed by atoms with Gasteiger partial charge in [-0.25, -0.2) is 14.6 Å². The molecule has 1 aliphatic rings. The van der Waals surface area contributed by atoms with Crippen molar-refractivity contribution < 1.29 is 19.1 Å². The summed E-state index contributed by atoms with van der Waals surface area (Å²) in [6.07, 6.45) is 5.24.